The maximum absolute atomic E-state index is 11.7. The Kier molecular flexibility index (Phi) is 4.25. The van der Waals surface area contributed by atoms with Crippen LogP contribution in [-0.2, 0) is 4.79 Å². The van der Waals surface area contributed by atoms with Gasteiger partial charge in [-0.05, 0) is 31.0 Å². The molecule has 1 N–H and O–H groups in total. The van der Waals surface area contributed by atoms with E-state index in [4.69, 9.17) is 11.6 Å². The zero-order valence-electron chi connectivity index (χ0n) is 9.96. The Balaban J connectivity index is 2.28. The topological polar surface area (TPSA) is 42.0 Å². The average molecular weight is 348 g/mol. The number of alkyl halides is 1. The molecule has 6 heteroatoms. The minimum atomic E-state index is -0.185. The van der Waals surface area contributed by atoms with Crippen LogP contribution in [0.1, 0.15) is 18.9 Å². The van der Waals surface area contributed by atoms with Crippen LogP contribution < -0.4 is 5.32 Å². The zero-order chi connectivity index (χ0) is 13.3. The average Bonchev–Trinajstić information content (AvgIpc) is 2.70. The quantitative estimate of drug-likeness (QED) is 0.838. The summed E-state index contributed by atoms with van der Waals surface area (Å²) in [5.41, 5.74) is 1.83. The largest absolute Gasteiger partial charge is 0.301 e. The van der Waals surface area contributed by atoms with E-state index in [1.165, 1.54) is 11.3 Å². The highest BCUT2D eigenvalue weighted by Crippen LogP contribution is 2.30. The van der Waals surface area contributed by atoms with Crippen LogP contribution in [0.25, 0.3) is 10.2 Å². The number of fused-ring (bicyclic) bond motifs is 1. The third-order valence-electron chi connectivity index (χ3n) is 2.54. The van der Waals surface area contributed by atoms with Gasteiger partial charge in [-0.3, -0.25) is 4.79 Å². The van der Waals surface area contributed by atoms with Crippen LogP contribution >= 0.6 is 38.9 Å². The van der Waals surface area contributed by atoms with Gasteiger partial charge in [-0.25, -0.2) is 4.98 Å². The van der Waals surface area contributed by atoms with Crippen molar-refractivity contribution in [2.45, 2.75) is 25.1 Å². The molecular formula is C12H12BrClN2OS. The molecule has 0 spiro atoms. The van der Waals surface area contributed by atoms with Crippen molar-refractivity contribution in [2.75, 3.05) is 5.32 Å². The van der Waals surface area contributed by atoms with Crippen LogP contribution in [0.15, 0.2) is 12.1 Å². The van der Waals surface area contributed by atoms with E-state index < -0.39 is 0 Å². The molecule has 2 rings (SSSR count). The predicted octanol–water partition coefficient (Wildman–Crippen LogP) is 4.37. The van der Waals surface area contributed by atoms with Gasteiger partial charge in [0.25, 0.3) is 0 Å². The van der Waals surface area contributed by atoms with Gasteiger partial charge in [-0.1, -0.05) is 45.8 Å². The van der Waals surface area contributed by atoms with E-state index in [1.54, 1.807) is 0 Å². The van der Waals surface area contributed by atoms with E-state index in [0.29, 0.717) is 10.2 Å². The molecule has 0 radical (unpaired) electrons. The van der Waals surface area contributed by atoms with Crippen LogP contribution in [0, 0.1) is 6.92 Å². The Bertz CT molecular complexity index is 560. The van der Waals surface area contributed by atoms with Gasteiger partial charge in [0.1, 0.15) is 0 Å². The molecule has 0 fully saturated rings. The van der Waals surface area contributed by atoms with Crippen LogP contribution in [0.5, 0.6) is 0 Å². The molecule has 1 heterocycles. The fourth-order valence-electron chi connectivity index (χ4n) is 1.47. The Labute approximate surface area is 123 Å². The first-order chi connectivity index (χ1) is 8.51. The van der Waals surface area contributed by atoms with Crippen molar-refractivity contribution < 1.29 is 4.79 Å². The molecule has 3 nitrogen and oxygen atoms in total. The van der Waals surface area contributed by atoms with Crippen molar-refractivity contribution in [2.24, 2.45) is 0 Å². The first kappa shape index (κ1) is 13.8. The Morgan fingerprint density at radius 2 is 2.33 bits per heavy atom. The summed E-state index contributed by atoms with van der Waals surface area (Å²) in [6.45, 7) is 3.89. The normalized spacial score (nSPS) is 12.7. The molecule has 2 aromatic rings. The van der Waals surface area contributed by atoms with Gasteiger partial charge in [0.15, 0.2) is 5.13 Å². The molecule has 1 atom stereocenters. The van der Waals surface area contributed by atoms with Gasteiger partial charge >= 0.3 is 0 Å². The lowest BCUT2D eigenvalue weighted by atomic mass is 10.2. The van der Waals surface area contributed by atoms with E-state index in [1.807, 2.05) is 26.0 Å². The van der Waals surface area contributed by atoms with Gasteiger partial charge in [0, 0.05) is 5.02 Å². The summed E-state index contributed by atoms with van der Waals surface area (Å²) in [6, 6.07) is 3.81. The van der Waals surface area contributed by atoms with E-state index in [0.717, 1.165) is 22.2 Å². The zero-order valence-corrected chi connectivity index (χ0v) is 13.1. The monoisotopic (exact) mass is 346 g/mol. The summed E-state index contributed by atoms with van der Waals surface area (Å²) in [4.78, 5) is 15.9. The second kappa shape index (κ2) is 5.55. The van der Waals surface area contributed by atoms with Crippen molar-refractivity contribution >= 4 is 60.1 Å². The number of benzene rings is 1. The lowest BCUT2D eigenvalue weighted by Crippen LogP contribution is -2.21. The molecule has 1 amide bonds. The van der Waals surface area contributed by atoms with E-state index in [9.17, 15) is 4.79 Å². The Morgan fingerprint density at radius 3 is 3.00 bits per heavy atom. The maximum atomic E-state index is 11.7. The fourth-order valence-corrected chi connectivity index (χ4v) is 2.69. The molecule has 0 saturated heterocycles. The smallest absolute Gasteiger partial charge is 0.239 e. The number of carbonyl (C=O) groups excluding carboxylic acids is 1. The number of nitrogens with one attached hydrogen (secondary N) is 1. The summed E-state index contributed by atoms with van der Waals surface area (Å²) in [5, 5.41) is 4.10. The highest BCUT2D eigenvalue weighted by molar-refractivity contribution is 9.10. The van der Waals surface area contributed by atoms with Crippen LogP contribution in [0.2, 0.25) is 5.02 Å². The van der Waals surface area contributed by atoms with Gasteiger partial charge in [0.05, 0.1) is 15.0 Å². The number of nitrogens with zero attached hydrogens (tertiary/aromatic N) is 1. The number of rotatable bonds is 3. The molecule has 0 aliphatic rings. The molecule has 0 aliphatic carbocycles. The molecular weight excluding hydrogens is 336 g/mol. The number of aromatic nitrogens is 1. The highest BCUT2D eigenvalue weighted by atomic mass is 79.9. The molecule has 1 aromatic carbocycles. The van der Waals surface area contributed by atoms with Crippen molar-refractivity contribution in [3.8, 4) is 0 Å². The number of halogens is 2. The van der Waals surface area contributed by atoms with Crippen molar-refractivity contribution in [1.82, 2.24) is 4.98 Å². The Morgan fingerprint density at radius 1 is 1.61 bits per heavy atom. The van der Waals surface area contributed by atoms with Crippen LogP contribution in [-0.4, -0.2) is 15.7 Å². The highest BCUT2D eigenvalue weighted by Gasteiger charge is 2.15. The van der Waals surface area contributed by atoms with E-state index >= 15 is 0 Å². The predicted molar refractivity (Wildman–Crippen MR) is 81.0 cm³/mol. The lowest BCUT2D eigenvalue weighted by molar-refractivity contribution is -0.115. The van der Waals surface area contributed by atoms with Gasteiger partial charge in [-0.15, -0.1) is 0 Å². The number of thiazole rings is 1. The number of amides is 1. The van der Waals surface area contributed by atoms with Crippen molar-refractivity contribution in [3.05, 3.63) is 22.7 Å². The molecule has 0 aliphatic heterocycles. The third-order valence-corrected chi connectivity index (χ3v) is 4.95. The van der Waals surface area contributed by atoms with Crippen LogP contribution in [0.4, 0.5) is 5.13 Å². The summed E-state index contributed by atoms with van der Waals surface area (Å²) < 4.78 is 1.02. The van der Waals surface area contributed by atoms with Gasteiger partial charge in [-0.2, -0.15) is 0 Å². The Hall–Kier alpha value is -0.650. The molecule has 18 heavy (non-hydrogen) atoms. The number of hydrogen-bond donors (Lipinski definition) is 1. The van der Waals surface area contributed by atoms with Crippen molar-refractivity contribution in [3.63, 3.8) is 0 Å². The number of aryl methyl sites for hydroxylation is 1. The third kappa shape index (κ3) is 2.84. The first-order valence-corrected chi connectivity index (χ1v) is 7.64. The van der Waals surface area contributed by atoms with Crippen molar-refractivity contribution in [1.29, 1.82) is 0 Å². The first-order valence-electron chi connectivity index (χ1n) is 5.53. The van der Waals surface area contributed by atoms with Gasteiger partial charge < -0.3 is 5.32 Å². The molecule has 0 bridgehead atoms. The second-order valence-corrected chi connectivity index (χ2v) is 6.50. The number of anilines is 1. The fraction of sp³-hybridized carbons (Fsp3) is 0.333. The number of hydrogen-bond acceptors (Lipinski definition) is 3. The molecule has 1 unspecified atom stereocenters. The molecule has 96 valence electrons. The maximum Gasteiger partial charge on any atom is 0.239 e. The molecule has 1 aromatic heterocycles. The van der Waals surface area contributed by atoms with Gasteiger partial charge in [0.2, 0.25) is 5.91 Å². The van der Waals surface area contributed by atoms with E-state index in [-0.39, 0.29) is 10.7 Å². The minimum Gasteiger partial charge on any atom is -0.301 e. The minimum absolute atomic E-state index is 0.0700. The van der Waals surface area contributed by atoms with E-state index in [2.05, 4.69) is 26.2 Å². The molecule has 0 saturated carbocycles. The second-order valence-electron chi connectivity index (χ2n) is 3.95. The lowest BCUT2D eigenvalue weighted by Gasteiger charge is -2.04. The summed E-state index contributed by atoms with van der Waals surface area (Å²) in [7, 11) is 0. The summed E-state index contributed by atoms with van der Waals surface area (Å²) in [6.07, 6.45) is 0.738. The van der Waals surface area contributed by atoms with Crippen LogP contribution in [0.3, 0.4) is 0 Å². The SMILES string of the molecule is CCC(Br)C(=O)Nc1nc2cc(Cl)c(C)cc2s1. The summed E-state index contributed by atoms with van der Waals surface area (Å²) in [5.74, 6) is -0.0700. The number of carbonyl (C=O) groups is 1. The summed E-state index contributed by atoms with van der Waals surface area (Å²) >= 11 is 10.8. The standard InChI is InChI=1S/C12H12BrClN2OS/c1-3-7(13)11(17)16-12-15-9-5-8(14)6(2)4-10(9)18-12/h4-5,7H,3H2,1-2H3,(H,15,16,17).